The van der Waals surface area contributed by atoms with Crippen LogP contribution in [0.5, 0.6) is 0 Å². The summed E-state index contributed by atoms with van der Waals surface area (Å²) in [5.74, 6) is 0. The van der Waals surface area contributed by atoms with Gasteiger partial charge in [-0.1, -0.05) is 54.6 Å². The molecule has 1 aliphatic carbocycles. The Morgan fingerprint density at radius 1 is 0.571 bits per heavy atom. The van der Waals surface area contributed by atoms with Crippen molar-refractivity contribution in [3.63, 3.8) is 0 Å². The van der Waals surface area contributed by atoms with Gasteiger partial charge in [-0.2, -0.15) is 0 Å². The lowest BCUT2D eigenvalue weighted by molar-refractivity contribution is 0.578. The van der Waals surface area contributed by atoms with Crippen LogP contribution in [0.15, 0.2) is 91.2 Å². The Morgan fingerprint density at radius 3 is 1.88 bits per heavy atom. The molecule has 0 atom stereocenters. The van der Waals surface area contributed by atoms with Crippen LogP contribution in [0.25, 0.3) is 49.1 Å². The van der Waals surface area contributed by atoms with E-state index in [-0.39, 0.29) is 0 Å². The lowest BCUT2D eigenvalue weighted by Crippen LogP contribution is -2.29. The minimum atomic E-state index is 1.08. The molecular weight excluding hydrogens is 510 g/mol. The van der Waals surface area contributed by atoms with E-state index in [4.69, 9.17) is 4.98 Å². The number of anilines is 2. The number of hydrogen-bond donors (Lipinski definition) is 0. The summed E-state index contributed by atoms with van der Waals surface area (Å²) in [7, 11) is 0. The van der Waals surface area contributed by atoms with Gasteiger partial charge in [-0.25, -0.2) is 0 Å². The van der Waals surface area contributed by atoms with Crippen LogP contribution in [0, 0.1) is 0 Å². The first-order valence-corrected chi connectivity index (χ1v) is 16.1. The van der Waals surface area contributed by atoms with E-state index in [0.29, 0.717) is 0 Å². The van der Waals surface area contributed by atoms with E-state index >= 15 is 0 Å². The smallest absolute Gasteiger partial charge is 0.0792 e. The molecule has 5 aromatic rings. The molecule has 0 bridgehead atoms. The lowest BCUT2D eigenvalue weighted by atomic mass is 9.83. The molecule has 42 heavy (non-hydrogen) atoms. The number of nitrogens with zero attached hydrogens (tertiary/aromatic N) is 3. The van der Waals surface area contributed by atoms with Crippen LogP contribution in [0.1, 0.15) is 56.9 Å². The van der Waals surface area contributed by atoms with Crippen molar-refractivity contribution in [2.24, 2.45) is 0 Å². The number of fused-ring (bicyclic) bond motifs is 3. The van der Waals surface area contributed by atoms with Gasteiger partial charge in [0.2, 0.25) is 0 Å². The molecule has 3 heterocycles. The molecule has 0 saturated carbocycles. The standard InChI is InChI=1S/C39H39N3/c1-4-13-29(14-5-1)37-33-18-16-31(42-24-10-3-11-25-42)27-36(33)38(39-32-15-7-6-12-28(32)20-21-40-39)34-19-17-30(26-35(34)37)41-22-8-2-9-23-41/h1,4,6-7,12-13,15-21,26-27H,2-3,5,8-11,14,22-25H2. The van der Waals surface area contributed by atoms with Crippen LogP contribution >= 0.6 is 0 Å². The van der Waals surface area contributed by atoms with E-state index < -0.39 is 0 Å². The number of aromatic nitrogens is 1. The van der Waals surface area contributed by atoms with Crippen molar-refractivity contribution in [3.05, 3.63) is 96.7 Å². The maximum Gasteiger partial charge on any atom is 0.0792 e. The van der Waals surface area contributed by atoms with E-state index in [1.807, 2.05) is 6.20 Å². The molecule has 0 radical (unpaired) electrons. The summed E-state index contributed by atoms with van der Waals surface area (Å²) < 4.78 is 0. The van der Waals surface area contributed by atoms with Gasteiger partial charge < -0.3 is 9.80 Å². The molecule has 3 nitrogen and oxygen atoms in total. The van der Waals surface area contributed by atoms with Crippen LogP contribution in [0.2, 0.25) is 0 Å². The number of pyridine rings is 1. The van der Waals surface area contributed by atoms with Crippen molar-refractivity contribution in [1.82, 2.24) is 4.98 Å². The molecule has 0 amide bonds. The Balaban J connectivity index is 1.48. The van der Waals surface area contributed by atoms with E-state index in [2.05, 4.69) is 94.8 Å². The molecule has 3 aliphatic rings. The number of allylic oxidation sites excluding steroid dienone is 4. The average molecular weight is 550 g/mol. The van der Waals surface area contributed by atoms with E-state index in [1.54, 1.807) is 0 Å². The molecule has 2 aliphatic heterocycles. The Kier molecular flexibility index (Phi) is 6.67. The number of piperidine rings is 2. The molecule has 4 aromatic carbocycles. The van der Waals surface area contributed by atoms with E-state index in [0.717, 1.165) is 44.7 Å². The van der Waals surface area contributed by atoms with Crippen molar-refractivity contribution in [3.8, 4) is 11.3 Å². The third-order valence-electron chi connectivity index (χ3n) is 9.77. The summed E-state index contributed by atoms with van der Waals surface area (Å²) in [6, 6.07) is 25.5. The number of benzene rings is 4. The summed E-state index contributed by atoms with van der Waals surface area (Å²) in [5.41, 5.74) is 7.93. The van der Waals surface area contributed by atoms with Gasteiger partial charge in [0.25, 0.3) is 0 Å². The van der Waals surface area contributed by atoms with Crippen molar-refractivity contribution in [1.29, 1.82) is 0 Å². The lowest BCUT2D eigenvalue weighted by Gasteiger charge is -2.31. The Bertz CT molecular complexity index is 1850. The van der Waals surface area contributed by atoms with Gasteiger partial charge in [0.05, 0.1) is 5.69 Å². The maximum atomic E-state index is 5.12. The zero-order valence-corrected chi connectivity index (χ0v) is 24.5. The highest BCUT2D eigenvalue weighted by atomic mass is 15.1. The van der Waals surface area contributed by atoms with Crippen LogP contribution < -0.4 is 9.80 Å². The fraction of sp³-hybridized carbons (Fsp3) is 0.308. The first-order valence-electron chi connectivity index (χ1n) is 16.1. The van der Waals surface area contributed by atoms with Crippen LogP contribution in [0.4, 0.5) is 11.4 Å². The average Bonchev–Trinajstić information content (AvgIpc) is 3.07. The Hall–Kier alpha value is -4.11. The first kappa shape index (κ1) is 25.6. The topological polar surface area (TPSA) is 19.4 Å². The highest BCUT2D eigenvalue weighted by Gasteiger charge is 2.23. The third kappa shape index (κ3) is 4.47. The maximum absolute atomic E-state index is 5.12. The van der Waals surface area contributed by atoms with Crippen LogP contribution in [0.3, 0.4) is 0 Å². The van der Waals surface area contributed by atoms with E-state index in [1.165, 1.54) is 98.9 Å². The Labute approximate surface area is 249 Å². The third-order valence-corrected chi connectivity index (χ3v) is 9.77. The number of hydrogen-bond acceptors (Lipinski definition) is 3. The van der Waals surface area contributed by atoms with Gasteiger partial charge in [-0.05, 0) is 120 Å². The highest BCUT2D eigenvalue weighted by molar-refractivity contribution is 6.21. The van der Waals surface area contributed by atoms with Gasteiger partial charge in [-0.3, -0.25) is 4.98 Å². The molecule has 0 unspecified atom stereocenters. The molecule has 1 aromatic heterocycles. The zero-order chi connectivity index (χ0) is 27.9. The summed E-state index contributed by atoms with van der Waals surface area (Å²) >= 11 is 0. The van der Waals surface area contributed by atoms with Crippen molar-refractivity contribution < 1.29 is 0 Å². The largest absolute Gasteiger partial charge is 0.372 e. The predicted octanol–water partition coefficient (Wildman–Crippen LogP) is 9.92. The summed E-state index contributed by atoms with van der Waals surface area (Å²) in [6.07, 6.45) is 18.9. The predicted molar refractivity (Wildman–Crippen MR) is 181 cm³/mol. The summed E-state index contributed by atoms with van der Waals surface area (Å²) in [6.45, 7) is 4.58. The van der Waals surface area contributed by atoms with Gasteiger partial charge in [0.1, 0.15) is 0 Å². The van der Waals surface area contributed by atoms with Gasteiger partial charge >= 0.3 is 0 Å². The summed E-state index contributed by atoms with van der Waals surface area (Å²) in [4.78, 5) is 10.3. The molecule has 0 N–H and O–H groups in total. The molecule has 0 spiro atoms. The first-order chi connectivity index (χ1) is 20.8. The summed E-state index contributed by atoms with van der Waals surface area (Å²) in [5, 5.41) is 7.82. The van der Waals surface area contributed by atoms with Crippen molar-refractivity contribution in [2.45, 2.75) is 51.4 Å². The van der Waals surface area contributed by atoms with Gasteiger partial charge in [0.15, 0.2) is 0 Å². The minimum Gasteiger partial charge on any atom is -0.372 e. The zero-order valence-electron chi connectivity index (χ0n) is 24.5. The van der Waals surface area contributed by atoms with Crippen LogP contribution in [-0.2, 0) is 0 Å². The molecular formula is C39H39N3. The minimum absolute atomic E-state index is 1.08. The van der Waals surface area contributed by atoms with E-state index in [9.17, 15) is 0 Å². The second-order valence-electron chi connectivity index (χ2n) is 12.3. The fourth-order valence-corrected chi connectivity index (χ4v) is 7.63. The number of rotatable bonds is 4. The monoisotopic (exact) mass is 549 g/mol. The van der Waals surface area contributed by atoms with Gasteiger partial charge in [0, 0.05) is 54.7 Å². The molecule has 3 heteroatoms. The van der Waals surface area contributed by atoms with Gasteiger partial charge in [-0.15, -0.1) is 0 Å². The Morgan fingerprint density at radius 2 is 1.21 bits per heavy atom. The second kappa shape index (κ2) is 10.9. The second-order valence-corrected chi connectivity index (χ2v) is 12.3. The fourth-order valence-electron chi connectivity index (χ4n) is 7.63. The molecule has 8 rings (SSSR count). The molecule has 2 fully saturated rings. The SMILES string of the molecule is C1=CCCC(c2c3cc(N4CCCCC4)ccc3c(-c3nccc4ccccc34)c3cc(N4CCCCC4)ccc23)=C1. The quantitative estimate of drug-likeness (QED) is 0.208. The van der Waals surface area contributed by atoms with Crippen molar-refractivity contribution >= 4 is 49.3 Å². The normalized spacial score (nSPS) is 17.8. The molecule has 2 saturated heterocycles. The van der Waals surface area contributed by atoms with Crippen LogP contribution in [-0.4, -0.2) is 31.2 Å². The highest BCUT2D eigenvalue weighted by Crippen LogP contribution is 2.46. The molecule has 210 valence electrons. The van der Waals surface area contributed by atoms with Crippen molar-refractivity contribution in [2.75, 3.05) is 36.0 Å².